The third-order valence-corrected chi connectivity index (χ3v) is 5.42. The normalized spacial score (nSPS) is 14.3. The zero-order valence-electron chi connectivity index (χ0n) is 14.4. The largest absolute Gasteiger partial charge is 0.323 e. The minimum absolute atomic E-state index is 0. The van der Waals surface area contributed by atoms with Gasteiger partial charge in [-0.3, -0.25) is 0 Å². The molecule has 2 amide bonds. The molecule has 0 aromatic heterocycles. The van der Waals surface area contributed by atoms with Crippen LogP contribution in [0.2, 0.25) is 5.02 Å². The van der Waals surface area contributed by atoms with Crippen molar-refractivity contribution in [2.24, 2.45) is 0 Å². The maximum absolute atomic E-state index is 12.6. The second-order valence-electron chi connectivity index (χ2n) is 5.94. The Balaban J connectivity index is 0.00000243. The number of halogens is 2. The fourth-order valence-electron chi connectivity index (χ4n) is 2.73. The number of nitrogens with one attached hydrogen (secondary N) is 2. The highest BCUT2D eigenvalue weighted by Gasteiger charge is 2.16. The summed E-state index contributed by atoms with van der Waals surface area (Å²) in [6, 6.07) is 15.8. The van der Waals surface area contributed by atoms with Crippen LogP contribution in [0.25, 0.3) is 0 Å². The first kappa shape index (κ1) is 20.9. The van der Waals surface area contributed by atoms with Crippen molar-refractivity contribution < 1.29 is 4.79 Å². The fraction of sp³-hybridized carbons (Fsp3) is 0.316. The lowest BCUT2D eigenvalue weighted by atomic mass is 10.2. The molecule has 0 atom stereocenters. The summed E-state index contributed by atoms with van der Waals surface area (Å²) < 4.78 is 0. The Labute approximate surface area is 170 Å². The van der Waals surface area contributed by atoms with Gasteiger partial charge in [0.1, 0.15) is 0 Å². The van der Waals surface area contributed by atoms with Gasteiger partial charge in [0.25, 0.3) is 0 Å². The summed E-state index contributed by atoms with van der Waals surface area (Å²) in [6.07, 6.45) is 0.985. The van der Waals surface area contributed by atoms with E-state index in [1.165, 1.54) is 0 Å². The average molecular weight is 412 g/mol. The van der Waals surface area contributed by atoms with Gasteiger partial charge in [-0.25, -0.2) is 4.79 Å². The van der Waals surface area contributed by atoms with E-state index in [4.69, 9.17) is 11.6 Å². The molecule has 0 bridgehead atoms. The van der Waals surface area contributed by atoms with Crippen molar-refractivity contribution in [3.05, 3.63) is 59.1 Å². The van der Waals surface area contributed by atoms with E-state index in [2.05, 4.69) is 16.7 Å². The van der Waals surface area contributed by atoms with Crippen molar-refractivity contribution in [3.63, 3.8) is 0 Å². The first-order chi connectivity index (χ1) is 12.2. The fourth-order valence-corrected chi connectivity index (χ4v) is 3.89. The molecule has 2 aromatic rings. The van der Waals surface area contributed by atoms with Crippen LogP contribution in [0.5, 0.6) is 0 Å². The average Bonchev–Trinajstić information content (AvgIpc) is 2.90. The summed E-state index contributed by atoms with van der Waals surface area (Å²) in [5, 5.41) is 7.13. The molecule has 3 rings (SSSR count). The number of nitrogens with zero attached hydrogens (tertiary/aromatic N) is 1. The number of para-hydroxylation sites is 1. The van der Waals surface area contributed by atoms with E-state index >= 15 is 0 Å². The molecule has 140 valence electrons. The molecule has 1 heterocycles. The summed E-state index contributed by atoms with van der Waals surface area (Å²) in [4.78, 5) is 15.5. The lowest BCUT2D eigenvalue weighted by Gasteiger charge is -2.21. The zero-order chi connectivity index (χ0) is 17.5. The van der Waals surface area contributed by atoms with Crippen LogP contribution in [0.4, 0.5) is 10.5 Å². The van der Waals surface area contributed by atoms with Crippen LogP contribution in [-0.4, -0.2) is 37.1 Å². The van der Waals surface area contributed by atoms with Crippen LogP contribution in [-0.2, 0) is 5.75 Å². The number of hydrogen-bond acceptors (Lipinski definition) is 3. The lowest BCUT2D eigenvalue weighted by Crippen LogP contribution is -2.37. The molecule has 1 aliphatic rings. The van der Waals surface area contributed by atoms with Crippen molar-refractivity contribution in [1.29, 1.82) is 0 Å². The molecule has 7 heteroatoms. The summed E-state index contributed by atoms with van der Waals surface area (Å²) in [6.45, 7) is 3.34. The number of carbonyl (C=O) groups excluding carboxylic acids is 1. The second-order valence-corrected chi connectivity index (χ2v) is 7.39. The standard InChI is InChI=1S/C19H22ClN3OS.ClH/c20-16-6-3-5-15(13-16)14-25-18-8-2-1-7-17(18)22-19(24)23-11-4-9-21-10-12-23;/h1-3,5-8,13,21H,4,9-12,14H2,(H,22,24);1H. The monoisotopic (exact) mass is 411 g/mol. The van der Waals surface area contributed by atoms with Gasteiger partial charge in [-0.1, -0.05) is 35.9 Å². The van der Waals surface area contributed by atoms with Crippen LogP contribution >= 0.6 is 35.8 Å². The molecule has 0 saturated carbocycles. The summed E-state index contributed by atoms with van der Waals surface area (Å²) >= 11 is 7.75. The van der Waals surface area contributed by atoms with Crippen LogP contribution < -0.4 is 10.6 Å². The van der Waals surface area contributed by atoms with Gasteiger partial charge in [0.2, 0.25) is 0 Å². The lowest BCUT2D eigenvalue weighted by molar-refractivity contribution is 0.215. The minimum Gasteiger partial charge on any atom is -0.323 e. The topological polar surface area (TPSA) is 44.4 Å². The van der Waals surface area contributed by atoms with Gasteiger partial charge in [0.15, 0.2) is 0 Å². The Morgan fingerprint density at radius 2 is 2.00 bits per heavy atom. The molecule has 0 spiro atoms. The number of carbonyl (C=O) groups is 1. The Hall–Kier alpha value is -1.40. The summed E-state index contributed by atoms with van der Waals surface area (Å²) in [5.74, 6) is 0.807. The highest BCUT2D eigenvalue weighted by Crippen LogP contribution is 2.30. The van der Waals surface area contributed by atoms with E-state index in [0.29, 0.717) is 0 Å². The van der Waals surface area contributed by atoms with Crippen molar-refractivity contribution in [1.82, 2.24) is 10.2 Å². The molecule has 2 aromatic carbocycles. The van der Waals surface area contributed by atoms with Crippen LogP contribution in [0, 0.1) is 0 Å². The summed E-state index contributed by atoms with van der Waals surface area (Å²) in [7, 11) is 0. The van der Waals surface area contributed by atoms with E-state index in [-0.39, 0.29) is 18.4 Å². The predicted molar refractivity (Wildman–Crippen MR) is 113 cm³/mol. The van der Waals surface area contributed by atoms with Gasteiger partial charge in [-0.15, -0.1) is 24.2 Å². The van der Waals surface area contributed by atoms with E-state index in [9.17, 15) is 4.79 Å². The molecule has 0 aliphatic carbocycles. The number of urea groups is 1. The van der Waals surface area contributed by atoms with Gasteiger partial charge >= 0.3 is 6.03 Å². The number of benzene rings is 2. The number of anilines is 1. The maximum Gasteiger partial charge on any atom is 0.321 e. The van der Waals surface area contributed by atoms with Crippen molar-refractivity contribution in [3.8, 4) is 0 Å². The van der Waals surface area contributed by atoms with Gasteiger partial charge in [-0.2, -0.15) is 0 Å². The van der Waals surface area contributed by atoms with E-state index in [0.717, 1.165) is 59.5 Å². The van der Waals surface area contributed by atoms with Gasteiger partial charge in [0.05, 0.1) is 5.69 Å². The number of hydrogen-bond donors (Lipinski definition) is 2. The first-order valence-electron chi connectivity index (χ1n) is 8.45. The molecule has 4 nitrogen and oxygen atoms in total. The quantitative estimate of drug-likeness (QED) is 0.704. The van der Waals surface area contributed by atoms with E-state index < -0.39 is 0 Å². The molecule has 0 unspecified atom stereocenters. The Morgan fingerprint density at radius 1 is 1.15 bits per heavy atom. The Bertz CT molecular complexity index is 721. The number of thioether (sulfide) groups is 1. The molecule has 2 N–H and O–H groups in total. The number of amides is 2. The molecule has 0 radical (unpaired) electrons. The third-order valence-electron chi connectivity index (χ3n) is 4.04. The molecule has 1 fully saturated rings. The molecule has 1 saturated heterocycles. The highest BCUT2D eigenvalue weighted by atomic mass is 35.5. The third kappa shape index (κ3) is 6.09. The molecular formula is C19H23Cl2N3OS. The van der Waals surface area contributed by atoms with Crippen LogP contribution in [0.1, 0.15) is 12.0 Å². The number of rotatable bonds is 4. The van der Waals surface area contributed by atoms with E-state index in [1.807, 2.05) is 47.4 Å². The molecule has 1 aliphatic heterocycles. The maximum atomic E-state index is 12.6. The minimum atomic E-state index is -0.0282. The van der Waals surface area contributed by atoms with Crippen molar-refractivity contribution in [2.45, 2.75) is 17.1 Å². The Kier molecular flexibility index (Phi) is 8.59. The van der Waals surface area contributed by atoms with E-state index in [1.54, 1.807) is 11.8 Å². The highest BCUT2D eigenvalue weighted by molar-refractivity contribution is 7.98. The molecule has 26 heavy (non-hydrogen) atoms. The Morgan fingerprint density at radius 3 is 2.85 bits per heavy atom. The summed E-state index contributed by atoms with van der Waals surface area (Å²) in [5.41, 5.74) is 2.02. The smallest absolute Gasteiger partial charge is 0.321 e. The molecular weight excluding hydrogens is 389 g/mol. The van der Waals surface area contributed by atoms with Crippen molar-refractivity contribution >= 4 is 47.5 Å². The van der Waals surface area contributed by atoms with Crippen LogP contribution in [0.15, 0.2) is 53.4 Å². The second kappa shape index (κ2) is 10.7. The van der Waals surface area contributed by atoms with Gasteiger partial charge in [-0.05, 0) is 42.8 Å². The zero-order valence-corrected chi connectivity index (χ0v) is 16.8. The van der Waals surface area contributed by atoms with Gasteiger partial charge < -0.3 is 15.5 Å². The van der Waals surface area contributed by atoms with Gasteiger partial charge in [0, 0.05) is 35.3 Å². The predicted octanol–water partition coefficient (Wildman–Crippen LogP) is 4.88. The SMILES string of the molecule is Cl.O=C(Nc1ccccc1SCc1cccc(Cl)c1)N1CCCNCC1. The van der Waals surface area contributed by atoms with Crippen LogP contribution in [0.3, 0.4) is 0 Å². The first-order valence-corrected chi connectivity index (χ1v) is 9.81. The van der Waals surface area contributed by atoms with Crippen molar-refractivity contribution in [2.75, 3.05) is 31.5 Å².